The normalized spacial score (nSPS) is 9.69. The van der Waals surface area contributed by atoms with E-state index in [9.17, 15) is 29.4 Å². The van der Waals surface area contributed by atoms with Crippen LogP contribution in [0.4, 0.5) is 0 Å². The molecule has 4 rings (SSSR count). The van der Waals surface area contributed by atoms with E-state index < -0.39 is 23.9 Å². The molecule has 0 aliphatic rings. The van der Waals surface area contributed by atoms with Crippen LogP contribution in [0.1, 0.15) is 52.6 Å². The van der Waals surface area contributed by atoms with E-state index in [0.717, 1.165) is 11.1 Å². The molecule has 4 aromatic carbocycles. The molecular formula is C30H22MgO8. The minimum atomic E-state index is -1.41. The topological polar surface area (TPSA) is 133 Å². The third-order valence-electron chi connectivity index (χ3n) is 5.20. The molecule has 0 N–H and O–H groups in total. The Kier molecular flexibility index (Phi) is 11.4. The number of benzene rings is 4. The molecule has 192 valence electrons. The minimum absolute atomic E-state index is 0. The Hall–Kier alpha value is -4.47. The van der Waals surface area contributed by atoms with Crippen molar-refractivity contribution in [3.05, 3.63) is 130 Å². The fraction of sp³-hybridized carbons (Fsp3) is 0.0667. The van der Waals surface area contributed by atoms with Crippen LogP contribution >= 0.6 is 0 Å². The van der Waals surface area contributed by atoms with Gasteiger partial charge in [-0.25, -0.2) is 9.59 Å². The molecule has 8 nitrogen and oxygen atoms in total. The fourth-order valence-electron chi connectivity index (χ4n) is 3.21. The van der Waals surface area contributed by atoms with Crippen LogP contribution in [0.3, 0.4) is 0 Å². The molecule has 0 unspecified atom stereocenters. The quantitative estimate of drug-likeness (QED) is 0.209. The molecule has 0 saturated carbocycles. The molecule has 4 aromatic rings. The van der Waals surface area contributed by atoms with Crippen LogP contribution in [0.5, 0.6) is 11.5 Å². The zero-order valence-electron chi connectivity index (χ0n) is 21.2. The van der Waals surface area contributed by atoms with Gasteiger partial charge in [-0.15, -0.1) is 0 Å². The number of hydrogen-bond acceptors (Lipinski definition) is 8. The molecule has 0 fully saturated rings. The van der Waals surface area contributed by atoms with Gasteiger partial charge in [-0.05, 0) is 50.2 Å². The van der Waals surface area contributed by atoms with Crippen molar-refractivity contribution in [1.29, 1.82) is 0 Å². The summed E-state index contributed by atoms with van der Waals surface area (Å²) in [6, 6.07) is 25.4. The summed E-state index contributed by atoms with van der Waals surface area (Å²) in [5, 5.41) is 21.8. The van der Waals surface area contributed by atoms with Gasteiger partial charge in [0.15, 0.2) is 0 Å². The first kappa shape index (κ1) is 30.7. The van der Waals surface area contributed by atoms with Gasteiger partial charge in [-0.3, -0.25) is 0 Å². The Morgan fingerprint density at radius 2 is 0.769 bits per heavy atom. The summed E-state index contributed by atoms with van der Waals surface area (Å²) in [6.07, 6.45) is 0. The number of aryl methyl sites for hydroxylation is 2. The molecule has 0 bridgehead atoms. The maximum atomic E-state index is 11.9. The molecule has 0 aliphatic heterocycles. The number of carbonyl (C=O) groups is 4. The van der Waals surface area contributed by atoms with E-state index in [1.807, 2.05) is 13.8 Å². The molecule has 0 saturated heterocycles. The van der Waals surface area contributed by atoms with Crippen molar-refractivity contribution in [1.82, 2.24) is 0 Å². The average Bonchev–Trinajstić information content (AvgIpc) is 2.91. The number of carboxylic acids is 2. The van der Waals surface area contributed by atoms with Gasteiger partial charge in [-0.2, -0.15) is 0 Å². The fourth-order valence-corrected chi connectivity index (χ4v) is 3.21. The standard InChI is InChI=1S/2C15H12O4.Mg/c2*1-10-6-8-11(9-7-10)19-15(18)13-5-3-2-4-12(13)14(16)17;/h2*2-9H,1H3,(H,16,17);/q;;+2/p-2. The third kappa shape index (κ3) is 8.80. The second-order valence-corrected chi connectivity index (χ2v) is 8.07. The van der Waals surface area contributed by atoms with E-state index >= 15 is 0 Å². The minimum Gasteiger partial charge on any atom is -0.545 e. The summed E-state index contributed by atoms with van der Waals surface area (Å²) < 4.78 is 10.2. The molecule has 0 atom stereocenters. The predicted octanol–water partition coefficient (Wildman–Crippen LogP) is 2.77. The largest absolute Gasteiger partial charge is 2.00 e. The number of esters is 2. The SMILES string of the molecule is Cc1ccc(OC(=O)c2ccccc2C(=O)[O-])cc1.Cc1ccc(OC(=O)c2ccccc2C(=O)[O-])cc1.[Mg+2]. The first-order valence-electron chi connectivity index (χ1n) is 11.3. The van der Waals surface area contributed by atoms with Crippen molar-refractivity contribution in [2.24, 2.45) is 0 Å². The summed E-state index contributed by atoms with van der Waals surface area (Å²) in [4.78, 5) is 45.6. The van der Waals surface area contributed by atoms with Crippen LogP contribution in [0.25, 0.3) is 0 Å². The molecule has 0 amide bonds. The van der Waals surface area contributed by atoms with Gasteiger partial charge >= 0.3 is 35.0 Å². The summed E-state index contributed by atoms with van der Waals surface area (Å²) in [5.41, 5.74) is 1.66. The zero-order chi connectivity index (χ0) is 27.7. The van der Waals surface area contributed by atoms with Gasteiger partial charge in [0.1, 0.15) is 11.5 Å². The van der Waals surface area contributed by atoms with E-state index in [0.29, 0.717) is 11.5 Å². The second-order valence-electron chi connectivity index (χ2n) is 8.07. The Balaban J connectivity index is 0.000000267. The van der Waals surface area contributed by atoms with Crippen LogP contribution < -0.4 is 19.7 Å². The molecule has 0 radical (unpaired) electrons. The van der Waals surface area contributed by atoms with Crippen molar-refractivity contribution in [3.8, 4) is 11.5 Å². The molecule has 9 heteroatoms. The van der Waals surface area contributed by atoms with Gasteiger partial charge in [0.25, 0.3) is 0 Å². The smallest absolute Gasteiger partial charge is 0.545 e. The number of aromatic carboxylic acids is 2. The van der Waals surface area contributed by atoms with Crippen molar-refractivity contribution >= 4 is 46.9 Å². The van der Waals surface area contributed by atoms with Gasteiger partial charge in [0, 0.05) is 11.1 Å². The van der Waals surface area contributed by atoms with E-state index in [-0.39, 0.29) is 45.3 Å². The first-order valence-corrected chi connectivity index (χ1v) is 11.3. The second kappa shape index (κ2) is 14.5. The van der Waals surface area contributed by atoms with E-state index in [1.54, 1.807) is 60.7 Å². The molecule has 0 spiro atoms. The van der Waals surface area contributed by atoms with Gasteiger partial charge in [0.05, 0.1) is 23.1 Å². The summed E-state index contributed by atoms with van der Waals surface area (Å²) >= 11 is 0. The Bertz CT molecular complexity index is 1350. The average molecular weight is 535 g/mol. The van der Waals surface area contributed by atoms with Crippen molar-refractivity contribution in [3.63, 3.8) is 0 Å². The number of carboxylic acid groups (broad SMARTS) is 2. The van der Waals surface area contributed by atoms with E-state index in [2.05, 4.69) is 0 Å². The van der Waals surface area contributed by atoms with Crippen LogP contribution in [-0.2, 0) is 0 Å². The summed E-state index contributed by atoms with van der Waals surface area (Å²) in [5.74, 6) is -3.52. The summed E-state index contributed by atoms with van der Waals surface area (Å²) in [7, 11) is 0. The van der Waals surface area contributed by atoms with Crippen LogP contribution in [-0.4, -0.2) is 46.9 Å². The van der Waals surface area contributed by atoms with Gasteiger partial charge in [0.2, 0.25) is 0 Å². The number of rotatable bonds is 6. The van der Waals surface area contributed by atoms with E-state index in [1.165, 1.54) is 36.4 Å². The zero-order valence-corrected chi connectivity index (χ0v) is 22.6. The van der Waals surface area contributed by atoms with Crippen molar-refractivity contribution in [2.45, 2.75) is 13.8 Å². The monoisotopic (exact) mass is 534 g/mol. The maximum Gasteiger partial charge on any atom is 2.00 e. The third-order valence-corrected chi connectivity index (χ3v) is 5.20. The molecule has 0 aromatic heterocycles. The number of hydrogen-bond donors (Lipinski definition) is 0. The number of carbonyl (C=O) groups excluding carboxylic acids is 4. The van der Waals surface area contributed by atoms with Crippen LogP contribution in [0.2, 0.25) is 0 Å². The Labute approximate surface area is 241 Å². The molecule has 0 aliphatic carbocycles. The van der Waals surface area contributed by atoms with Crippen molar-refractivity contribution in [2.75, 3.05) is 0 Å². The summed E-state index contributed by atoms with van der Waals surface area (Å²) in [6.45, 7) is 3.83. The van der Waals surface area contributed by atoms with E-state index in [4.69, 9.17) is 9.47 Å². The Morgan fingerprint density at radius 3 is 1.05 bits per heavy atom. The Morgan fingerprint density at radius 1 is 0.487 bits per heavy atom. The van der Waals surface area contributed by atoms with Crippen LogP contribution in [0.15, 0.2) is 97.1 Å². The van der Waals surface area contributed by atoms with Gasteiger partial charge < -0.3 is 29.3 Å². The van der Waals surface area contributed by atoms with Crippen LogP contribution in [0, 0.1) is 13.8 Å². The first-order chi connectivity index (χ1) is 18.2. The molecule has 39 heavy (non-hydrogen) atoms. The van der Waals surface area contributed by atoms with Gasteiger partial charge in [-0.1, -0.05) is 71.8 Å². The molecule has 0 heterocycles. The predicted molar refractivity (Wildman–Crippen MR) is 140 cm³/mol. The molecular weight excluding hydrogens is 513 g/mol. The number of ether oxygens (including phenoxy) is 2. The maximum absolute atomic E-state index is 11.9. The van der Waals surface area contributed by atoms with Crippen molar-refractivity contribution < 1.29 is 38.9 Å².